The number of benzene rings is 1. The van der Waals surface area contributed by atoms with Crippen molar-refractivity contribution in [2.75, 3.05) is 6.54 Å². The monoisotopic (exact) mass is 354 g/mol. The van der Waals surface area contributed by atoms with Crippen molar-refractivity contribution in [1.82, 2.24) is 20.2 Å². The molecule has 0 radical (unpaired) electrons. The van der Waals surface area contributed by atoms with E-state index < -0.39 is 0 Å². The lowest BCUT2D eigenvalue weighted by molar-refractivity contribution is 0.191. The predicted molar refractivity (Wildman–Crippen MR) is 101 cm³/mol. The van der Waals surface area contributed by atoms with Crippen LogP contribution in [0.3, 0.4) is 0 Å². The molecule has 1 fully saturated rings. The first-order valence-corrected chi connectivity index (χ1v) is 9.58. The van der Waals surface area contributed by atoms with Crippen LogP contribution >= 0.6 is 11.3 Å². The molecule has 2 aromatic heterocycles. The molecule has 0 saturated carbocycles. The highest BCUT2D eigenvalue weighted by Crippen LogP contribution is 2.31. The molecule has 4 rings (SSSR count). The Balaban J connectivity index is 1.50. The lowest BCUT2D eigenvalue weighted by atomic mass is 10.2. The Kier molecular flexibility index (Phi) is 4.21. The van der Waals surface area contributed by atoms with E-state index in [1.54, 1.807) is 11.3 Å². The van der Waals surface area contributed by atoms with E-state index in [1.807, 2.05) is 11.0 Å². The zero-order chi connectivity index (χ0) is 17.4. The highest BCUT2D eigenvalue weighted by atomic mass is 32.1. The maximum atomic E-state index is 12.7. The van der Waals surface area contributed by atoms with Crippen LogP contribution in [0.1, 0.15) is 41.4 Å². The summed E-state index contributed by atoms with van der Waals surface area (Å²) in [5.41, 5.74) is 5.62. The molecule has 2 amide bonds. The zero-order valence-corrected chi connectivity index (χ0v) is 15.3. The molecule has 3 heterocycles. The fourth-order valence-electron chi connectivity index (χ4n) is 3.44. The maximum absolute atomic E-state index is 12.7. The van der Waals surface area contributed by atoms with Gasteiger partial charge < -0.3 is 15.2 Å². The number of aromatic nitrogens is 2. The minimum atomic E-state index is -0.00950. The van der Waals surface area contributed by atoms with Crippen molar-refractivity contribution in [2.24, 2.45) is 0 Å². The number of carbonyl (C=O) groups excluding carboxylic acids is 1. The first kappa shape index (κ1) is 16.1. The van der Waals surface area contributed by atoms with Crippen LogP contribution in [0.5, 0.6) is 0 Å². The SMILES string of the molecule is Cc1ccc2nc(C3CCCN3C(=O)NCc3cscc3C)[nH]c2c1. The number of rotatable bonds is 3. The normalized spacial score (nSPS) is 17.4. The molecule has 1 saturated heterocycles. The van der Waals surface area contributed by atoms with E-state index in [2.05, 4.69) is 47.0 Å². The topological polar surface area (TPSA) is 61.0 Å². The molecule has 1 aliphatic rings. The van der Waals surface area contributed by atoms with E-state index in [4.69, 9.17) is 4.98 Å². The summed E-state index contributed by atoms with van der Waals surface area (Å²) < 4.78 is 0. The van der Waals surface area contributed by atoms with E-state index in [-0.39, 0.29) is 12.1 Å². The third-order valence-electron chi connectivity index (χ3n) is 4.88. The molecule has 0 bridgehead atoms. The number of hydrogen-bond donors (Lipinski definition) is 2. The van der Waals surface area contributed by atoms with Crippen LogP contribution in [0.4, 0.5) is 4.79 Å². The Bertz CT molecular complexity index is 913. The van der Waals surface area contributed by atoms with Crippen molar-refractivity contribution >= 4 is 28.4 Å². The number of hydrogen-bond acceptors (Lipinski definition) is 3. The number of imidazole rings is 1. The zero-order valence-electron chi connectivity index (χ0n) is 14.5. The largest absolute Gasteiger partial charge is 0.340 e. The van der Waals surface area contributed by atoms with E-state index in [1.165, 1.54) is 16.7 Å². The molecule has 25 heavy (non-hydrogen) atoms. The number of aryl methyl sites for hydroxylation is 2. The fraction of sp³-hybridized carbons (Fsp3) is 0.368. The van der Waals surface area contributed by atoms with Gasteiger partial charge in [0.1, 0.15) is 5.82 Å². The number of likely N-dealkylation sites (tertiary alicyclic amines) is 1. The van der Waals surface area contributed by atoms with Crippen LogP contribution in [0.2, 0.25) is 0 Å². The number of thiophene rings is 1. The summed E-state index contributed by atoms with van der Waals surface area (Å²) in [6, 6.07) is 6.21. The van der Waals surface area contributed by atoms with Gasteiger partial charge in [0, 0.05) is 13.1 Å². The predicted octanol–water partition coefficient (Wildman–Crippen LogP) is 4.29. The van der Waals surface area contributed by atoms with Crippen LogP contribution < -0.4 is 5.32 Å². The molecule has 1 unspecified atom stereocenters. The van der Waals surface area contributed by atoms with Gasteiger partial charge in [0.05, 0.1) is 17.1 Å². The van der Waals surface area contributed by atoms with Gasteiger partial charge in [-0.15, -0.1) is 0 Å². The number of urea groups is 1. The van der Waals surface area contributed by atoms with Crippen LogP contribution in [-0.4, -0.2) is 27.4 Å². The molecule has 6 heteroatoms. The summed E-state index contributed by atoms with van der Waals surface area (Å²) in [5.74, 6) is 0.889. The van der Waals surface area contributed by atoms with Gasteiger partial charge in [-0.05, 0) is 66.3 Å². The van der Waals surface area contributed by atoms with E-state index >= 15 is 0 Å². The number of aromatic amines is 1. The molecule has 1 aromatic carbocycles. The quantitative estimate of drug-likeness (QED) is 0.737. The molecular formula is C19H22N4OS. The van der Waals surface area contributed by atoms with Gasteiger partial charge in [0.25, 0.3) is 0 Å². The van der Waals surface area contributed by atoms with Gasteiger partial charge in [0.2, 0.25) is 0 Å². The Morgan fingerprint density at radius 2 is 2.28 bits per heavy atom. The number of nitrogens with one attached hydrogen (secondary N) is 2. The molecule has 0 spiro atoms. The first-order chi connectivity index (χ1) is 12.1. The van der Waals surface area contributed by atoms with Gasteiger partial charge in [-0.3, -0.25) is 0 Å². The molecular weight excluding hydrogens is 332 g/mol. The summed E-state index contributed by atoms with van der Waals surface area (Å²) in [6.45, 7) is 5.50. The number of nitrogens with zero attached hydrogens (tertiary/aromatic N) is 2. The third-order valence-corrected chi connectivity index (χ3v) is 5.79. The van der Waals surface area contributed by atoms with Gasteiger partial charge in [-0.1, -0.05) is 6.07 Å². The second-order valence-corrected chi connectivity index (χ2v) is 7.48. The van der Waals surface area contributed by atoms with Crippen LogP contribution in [0.25, 0.3) is 11.0 Å². The second-order valence-electron chi connectivity index (χ2n) is 6.73. The van der Waals surface area contributed by atoms with Crippen molar-refractivity contribution in [3.8, 4) is 0 Å². The second kappa shape index (κ2) is 6.52. The summed E-state index contributed by atoms with van der Waals surface area (Å²) in [6.07, 6.45) is 1.95. The molecule has 5 nitrogen and oxygen atoms in total. The minimum Gasteiger partial charge on any atom is -0.340 e. The fourth-order valence-corrected chi connectivity index (χ4v) is 4.29. The molecule has 1 aliphatic heterocycles. The Morgan fingerprint density at radius 3 is 3.08 bits per heavy atom. The molecule has 2 N–H and O–H groups in total. The maximum Gasteiger partial charge on any atom is 0.318 e. The lowest BCUT2D eigenvalue weighted by Gasteiger charge is -2.23. The van der Waals surface area contributed by atoms with Gasteiger partial charge in [0.15, 0.2) is 0 Å². The van der Waals surface area contributed by atoms with E-state index in [9.17, 15) is 4.79 Å². The molecule has 1 atom stereocenters. The number of carbonyl (C=O) groups is 1. The summed E-state index contributed by atoms with van der Waals surface area (Å²) in [7, 11) is 0. The average molecular weight is 354 g/mol. The smallest absolute Gasteiger partial charge is 0.318 e. The standard InChI is InChI=1S/C19H22N4OS/c1-12-5-6-15-16(8-12)22-18(21-15)17-4-3-7-23(17)19(24)20-9-14-11-25-10-13(14)2/h5-6,8,10-11,17H,3-4,7,9H2,1-2H3,(H,20,24)(H,21,22). The molecule has 130 valence electrons. The summed E-state index contributed by atoms with van der Waals surface area (Å²) >= 11 is 1.67. The Morgan fingerprint density at radius 1 is 1.40 bits per heavy atom. The molecule has 0 aliphatic carbocycles. The number of amides is 2. The highest BCUT2D eigenvalue weighted by molar-refractivity contribution is 7.08. The van der Waals surface area contributed by atoms with Crippen molar-refractivity contribution in [2.45, 2.75) is 39.3 Å². The van der Waals surface area contributed by atoms with Crippen LogP contribution in [0, 0.1) is 13.8 Å². The molecule has 3 aromatic rings. The van der Waals surface area contributed by atoms with Crippen molar-refractivity contribution in [3.05, 3.63) is 51.5 Å². The summed E-state index contributed by atoms with van der Waals surface area (Å²) in [4.78, 5) is 22.7. The van der Waals surface area contributed by atoms with Crippen LogP contribution in [-0.2, 0) is 6.54 Å². The Labute approximate surface area is 151 Å². The number of fused-ring (bicyclic) bond motifs is 1. The lowest BCUT2D eigenvalue weighted by Crippen LogP contribution is -2.39. The van der Waals surface area contributed by atoms with Gasteiger partial charge in [-0.2, -0.15) is 11.3 Å². The summed E-state index contributed by atoms with van der Waals surface area (Å²) in [5, 5.41) is 7.27. The first-order valence-electron chi connectivity index (χ1n) is 8.64. The van der Waals surface area contributed by atoms with Crippen molar-refractivity contribution in [1.29, 1.82) is 0 Å². The Hall–Kier alpha value is -2.34. The highest BCUT2D eigenvalue weighted by Gasteiger charge is 2.32. The van der Waals surface area contributed by atoms with E-state index in [0.29, 0.717) is 6.54 Å². The van der Waals surface area contributed by atoms with Gasteiger partial charge >= 0.3 is 6.03 Å². The van der Waals surface area contributed by atoms with Crippen molar-refractivity contribution < 1.29 is 4.79 Å². The van der Waals surface area contributed by atoms with Crippen LogP contribution in [0.15, 0.2) is 29.0 Å². The minimum absolute atomic E-state index is 0.00950. The number of H-pyrrole nitrogens is 1. The average Bonchev–Trinajstić information content (AvgIpc) is 3.30. The van der Waals surface area contributed by atoms with Crippen molar-refractivity contribution in [3.63, 3.8) is 0 Å². The van der Waals surface area contributed by atoms with E-state index in [0.717, 1.165) is 36.2 Å². The van der Waals surface area contributed by atoms with Gasteiger partial charge in [-0.25, -0.2) is 9.78 Å². The third kappa shape index (κ3) is 3.14.